The van der Waals surface area contributed by atoms with E-state index >= 15 is 0 Å². The lowest BCUT2D eigenvalue weighted by atomic mass is 9.82. The van der Waals surface area contributed by atoms with E-state index in [1.54, 1.807) is 0 Å². The molecule has 2 aromatic rings. The summed E-state index contributed by atoms with van der Waals surface area (Å²) in [6, 6.07) is 7.90. The fraction of sp³-hybridized carbons (Fsp3) is 0.448. The largest absolute Gasteiger partial charge is 0.490 e. The Morgan fingerprint density at radius 1 is 0.608 bits per heavy atom. The van der Waals surface area contributed by atoms with Crippen molar-refractivity contribution in [2.24, 2.45) is 11.5 Å². The van der Waals surface area contributed by atoms with Gasteiger partial charge in [-0.1, -0.05) is 24.3 Å². The molecule has 1 aliphatic rings. The van der Waals surface area contributed by atoms with Gasteiger partial charge in [0.15, 0.2) is 0 Å². The number of carbonyl (C=O) groups excluding carboxylic acids is 2. The Hall–Kier alpha value is -4.60. The number of carboxylic acids is 2. The van der Waals surface area contributed by atoms with Crippen LogP contribution in [0.4, 0.5) is 57.5 Å². The average molecular weight is 759 g/mol. The van der Waals surface area contributed by atoms with Crippen molar-refractivity contribution in [3.63, 3.8) is 0 Å². The molecule has 0 radical (unpaired) electrons. The number of halogens is 12. The maximum atomic E-state index is 13.8. The van der Waals surface area contributed by atoms with Gasteiger partial charge in [-0.3, -0.25) is 9.69 Å². The Morgan fingerprint density at radius 3 is 1.20 bits per heavy atom. The number of rotatable bonds is 10. The third-order valence-electron chi connectivity index (χ3n) is 6.83. The molecule has 0 bridgehead atoms. The van der Waals surface area contributed by atoms with Gasteiger partial charge < -0.3 is 26.6 Å². The third kappa shape index (κ3) is 12.9. The summed E-state index contributed by atoms with van der Waals surface area (Å²) >= 11 is 0. The van der Waals surface area contributed by atoms with E-state index in [9.17, 15) is 62.3 Å². The van der Waals surface area contributed by atoms with Crippen LogP contribution in [0.3, 0.4) is 0 Å². The second-order valence-corrected chi connectivity index (χ2v) is 10.6. The molecule has 6 N–H and O–H groups in total. The predicted molar refractivity (Wildman–Crippen MR) is 152 cm³/mol. The average Bonchev–Trinajstić information content (AvgIpc) is 3.18. The third-order valence-corrected chi connectivity index (χ3v) is 6.83. The number of hydrogen-bond donors (Lipinski definition) is 4. The molecule has 1 heterocycles. The zero-order valence-electron chi connectivity index (χ0n) is 25.9. The monoisotopic (exact) mass is 758 g/mol. The molecule has 1 aliphatic heterocycles. The molecule has 0 atom stereocenters. The second kappa shape index (κ2) is 17.6. The summed E-state index contributed by atoms with van der Waals surface area (Å²) in [7, 11) is 0. The molecule has 0 aliphatic carbocycles. The van der Waals surface area contributed by atoms with Gasteiger partial charge in [-0.15, -0.1) is 0 Å². The van der Waals surface area contributed by atoms with Crippen molar-refractivity contribution < 1.29 is 82.1 Å². The van der Waals surface area contributed by atoms with Crippen molar-refractivity contribution in [3.8, 4) is 0 Å². The molecule has 1 fully saturated rings. The van der Waals surface area contributed by atoms with Gasteiger partial charge in [0.2, 0.25) is 0 Å². The smallest absolute Gasteiger partial charge is 0.475 e. The molecule has 2 aromatic carbocycles. The van der Waals surface area contributed by atoms with Crippen LogP contribution in [0.25, 0.3) is 0 Å². The number of benzene rings is 2. The fourth-order valence-electron chi connectivity index (χ4n) is 4.49. The number of carbonyl (C=O) groups is 4. The predicted octanol–water partition coefficient (Wildman–Crippen LogP) is 5.48. The van der Waals surface area contributed by atoms with Crippen molar-refractivity contribution in [1.29, 1.82) is 0 Å². The van der Waals surface area contributed by atoms with E-state index in [0.29, 0.717) is 24.0 Å². The summed E-state index contributed by atoms with van der Waals surface area (Å²) in [6.07, 6.45) is -18.9. The minimum absolute atomic E-state index is 0.0368. The van der Waals surface area contributed by atoms with Gasteiger partial charge in [0, 0.05) is 25.9 Å². The maximum Gasteiger partial charge on any atom is 0.490 e. The van der Waals surface area contributed by atoms with E-state index in [0.717, 1.165) is 29.2 Å². The number of urea groups is 1. The van der Waals surface area contributed by atoms with Crippen molar-refractivity contribution in [3.05, 3.63) is 70.8 Å². The Morgan fingerprint density at radius 2 is 0.922 bits per heavy atom. The van der Waals surface area contributed by atoms with Gasteiger partial charge in [-0.2, -0.15) is 52.7 Å². The van der Waals surface area contributed by atoms with Crippen LogP contribution in [0, 0.1) is 0 Å². The molecular weight excluding hydrogens is 728 g/mol. The highest BCUT2D eigenvalue weighted by Gasteiger charge is 2.56. The van der Waals surface area contributed by atoms with Crippen LogP contribution in [-0.2, 0) is 39.6 Å². The van der Waals surface area contributed by atoms with Gasteiger partial charge >= 0.3 is 42.7 Å². The molecule has 0 unspecified atom stereocenters. The molecule has 10 nitrogen and oxygen atoms in total. The molecule has 22 heteroatoms. The number of nitrogens with two attached hydrogens (primary N) is 2. The lowest BCUT2D eigenvalue weighted by Gasteiger charge is -2.36. The first-order chi connectivity index (χ1) is 23.2. The molecule has 1 saturated heterocycles. The van der Waals surface area contributed by atoms with E-state index in [4.69, 9.17) is 31.3 Å². The van der Waals surface area contributed by atoms with Gasteiger partial charge in [0.05, 0.1) is 11.1 Å². The number of imide groups is 1. The molecule has 286 valence electrons. The zero-order chi connectivity index (χ0) is 39.6. The van der Waals surface area contributed by atoms with Crippen molar-refractivity contribution in [1.82, 2.24) is 9.80 Å². The highest BCUT2D eigenvalue weighted by molar-refractivity contribution is 6.07. The molecule has 3 rings (SSSR count). The summed E-state index contributed by atoms with van der Waals surface area (Å²) in [4.78, 5) is 47.3. The molecule has 51 heavy (non-hydrogen) atoms. The summed E-state index contributed by atoms with van der Waals surface area (Å²) in [5.41, 5.74) is 8.62. The number of amides is 3. The Kier molecular flexibility index (Phi) is 15.3. The zero-order valence-corrected chi connectivity index (χ0v) is 25.9. The summed E-state index contributed by atoms with van der Waals surface area (Å²) in [5.74, 6) is -6.09. The van der Waals surface area contributed by atoms with E-state index in [1.165, 1.54) is 29.2 Å². The molecular formula is C29H30F12N4O6. The first-order valence-electron chi connectivity index (χ1n) is 14.2. The number of carboxylic acid groups (broad SMARTS) is 2. The summed E-state index contributed by atoms with van der Waals surface area (Å²) in [5, 5.41) is 14.2. The van der Waals surface area contributed by atoms with E-state index in [1.807, 2.05) is 0 Å². The maximum absolute atomic E-state index is 13.8. The summed E-state index contributed by atoms with van der Waals surface area (Å²) < 4.78 is 142. The number of nitrogens with zero attached hydrogens (tertiary/aromatic N) is 2. The first-order valence-corrected chi connectivity index (χ1v) is 14.2. The minimum atomic E-state index is -5.08. The van der Waals surface area contributed by atoms with Crippen LogP contribution in [0.15, 0.2) is 48.5 Å². The van der Waals surface area contributed by atoms with E-state index < -0.39 is 65.2 Å². The van der Waals surface area contributed by atoms with Crippen LogP contribution in [0.2, 0.25) is 0 Å². The quantitative estimate of drug-likeness (QED) is 0.183. The molecule has 0 spiro atoms. The molecule has 0 aromatic heterocycles. The van der Waals surface area contributed by atoms with Crippen LogP contribution in [-0.4, -0.2) is 88.0 Å². The normalized spacial score (nSPS) is 14.8. The van der Waals surface area contributed by atoms with Crippen LogP contribution < -0.4 is 11.5 Å². The van der Waals surface area contributed by atoms with E-state index in [2.05, 4.69) is 0 Å². The highest BCUT2D eigenvalue weighted by Crippen LogP contribution is 2.37. The van der Waals surface area contributed by atoms with Gasteiger partial charge in [0.1, 0.15) is 5.54 Å². The second-order valence-electron chi connectivity index (χ2n) is 10.6. The fourth-order valence-corrected chi connectivity index (χ4v) is 4.49. The van der Waals surface area contributed by atoms with Crippen molar-refractivity contribution >= 4 is 23.9 Å². The van der Waals surface area contributed by atoms with E-state index in [-0.39, 0.29) is 39.0 Å². The molecule has 3 amide bonds. The lowest BCUT2D eigenvalue weighted by Crippen LogP contribution is -2.54. The van der Waals surface area contributed by atoms with Crippen molar-refractivity contribution in [2.45, 2.75) is 55.9 Å². The molecule has 0 saturated carbocycles. The first kappa shape index (κ1) is 44.4. The summed E-state index contributed by atoms with van der Waals surface area (Å²) in [6.45, 7) is 0.540. The number of aliphatic carboxylic acids is 2. The highest BCUT2D eigenvalue weighted by atomic mass is 19.4. The topological polar surface area (TPSA) is 167 Å². The Labute approximate surface area is 280 Å². The number of hydrogen-bond acceptors (Lipinski definition) is 6. The Balaban J connectivity index is 0.000000780. The van der Waals surface area contributed by atoms with Gasteiger partial charge in [-0.25, -0.2) is 14.4 Å². The van der Waals surface area contributed by atoms with Crippen LogP contribution >= 0.6 is 0 Å². The SMILES string of the molecule is NCCCN1C(=O)N(CCCN)C(Cc2ccc(C(F)(F)F)cc2)(Cc2ccc(C(F)(F)F)cc2)C1=O.O=C(O)C(F)(F)F.O=C(O)C(F)(F)F. The van der Waals surface area contributed by atoms with Gasteiger partial charge in [-0.05, 0) is 61.3 Å². The van der Waals surface area contributed by atoms with Crippen LogP contribution in [0.1, 0.15) is 35.1 Å². The number of alkyl halides is 12. The minimum Gasteiger partial charge on any atom is -0.475 e. The standard InChI is InChI=1S/C25H28F6N4O2.2C2HF3O2/c26-24(27,28)19-7-3-17(4-8-19)15-23(16-18-5-9-20(10-6-18)25(29,30)31)21(36)34(13-1-11-32)22(37)35(23)14-2-12-33;2*3-2(4,5)1(6)7/h3-10H,1-2,11-16,32-33H2;2*(H,6,7). The Bertz CT molecular complexity index is 1390. The van der Waals surface area contributed by atoms with Crippen molar-refractivity contribution in [2.75, 3.05) is 26.2 Å². The van der Waals surface area contributed by atoms with Crippen LogP contribution in [0.5, 0.6) is 0 Å². The van der Waals surface area contributed by atoms with Gasteiger partial charge in [0.25, 0.3) is 5.91 Å². The lowest BCUT2D eigenvalue weighted by molar-refractivity contribution is -0.193.